The first-order valence-corrected chi connectivity index (χ1v) is 9.05. The van der Waals surface area contributed by atoms with Crippen LogP contribution in [0.25, 0.3) is 27.7 Å². The van der Waals surface area contributed by atoms with Gasteiger partial charge in [-0.3, -0.25) is 4.79 Å². The van der Waals surface area contributed by atoms with Gasteiger partial charge in [0.05, 0.1) is 28.8 Å². The lowest BCUT2D eigenvalue weighted by atomic mass is 10.1. The number of pyridine rings is 1. The van der Waals surface area contributed by atoms with Crippen LogP contribution in [0.15, 0.2) is 47.5 Å². The van der Waals surface area contributed by atoms with E-state index < -0.39 is 0 Å². The summed E-state index contributed by atoms with van der Waals surface area (Å²) in [5.41, 5.74) is 3.91. The van der Waals surface area contributed by atoms with Crippen LogP contribution in [0.1, 0.15) is 25.6 Å². The van der Waals surface area contributed by atoms with Crippen molar-refractivity contribution in [1.29, 1.82) is 0 Å². The highest BCUT2D eigenvalue weighted by molar-refractivity contribution is 6.30. The lowest BCUT2D eigenvalue weighted by Crippen LogP contribution is -2.22. The van der Waals surface area contributed by atoms with Crippen molar-refractivity contribution in [2.45, 2.75) is 26.5 Å². The van der Waals surface area contributed by atoms with Gasteiger partial charge >= 0.3 is 0 Å². The minimum absolute atomic E-state index is 0.0731. The Morgan fingerprint density at radius 2 is 1.93 bits per heavy atom. The first-order chi connectivity index (χ1) is 13.0. The summed E-state index contributed by atoms with van der Waals surface area (Å²) < 4.78 is 8.75. The first-order valence-electron chi connectivity index (χ1n) is 8.67. The third-order valence-electron chi connectivity index (χ3n) is 4.58. The van der Waals surface area contributed by atoms with Gasteiger partial charge in [0.25, 0.3) is 5.56 Å². The van der Waals surface area contributed by atoms with E-state index in [9.17, 15) is 4.79 Å². The monoisotopic (exact) mass is 382 g/mol. The fourth-order valence-electron chi connectivity index (χ4n) is 3.29. The summed E-state index contributed by atoms with van der Waals surface area (Å²) in [7, 11) is 1.63. The quantitative estimate of drug-likeness (QED) is 0.533. The normalized spacial score (nSPS) is 11.7. The van der Waals surface area contributed by atoms with Crippen LogP contribution < -0.4 is 5.56 Å². The molecule has 6 nitrogen and oxygen atoms in total. The van der Waals surface area contributed by atoms with Gasteiger partial charge in [-0.05, 0) is 37.6 Å². The van der Waals surface area contributed by atoms with Crippen LogP contribution in [-0.4, -0.2) is 26.3 Å². The highest BCUT2D eigenvalue weighted by Gasteiger charge is 2.19. The predicted molar refractivity (Wildman–Crippen MR) is 106 cm³/mol. The zero-order chi connectivity index (χ0) is 19.1. The van der Waals surface area contributed by atoms with E-state index in [1.807, 2.05) is 44.2 Å². The Balaban J connectivity index is 2.05. The molecule has 0 aliphatic heterocycles. The predicted octanol–water partition coefficient (Wildman–Crippen LogP) is 4.09. The smallest absolute Gasteiger partial charge is 0.261 e. The molecule has 0 N–H and O–H groups in total. The maximum absolute atomic E-state index is 12.8. The van der Waals surface area contributed by atoms with Crippen LogP contribution in [0.4, 0.5) is 0 Å². The second-order valence-electron chi connectivity index (χ2n) is 6.68. The van der Waals surface area contributed by atoms with E-state index in [-0.39, 0.29) is 11.6 Å². The molecule has 0 amide bonds. The first kappa shape index (κ1) is 17.7. The van der Waals surface area contributed by atoms with Gasteiger partial charge in [-0.15, -0.1) is 0 Å². The van der Waals surface area contributed by atoms with Crippen molar-refractivity contribution >= 4 is 28.2 Å². The van der Waals surface area contributed by atoms with Crippen molar-refractivity contribution in [2.75, 3.05) is 7.11 Å². The van der Waals surface area contributed by atoms with E-state index in [0.717, 1.165) is 22.3 Å². The molecule has 0 aliphatic rings. The van der Waals surface area contributed by atoms with Crippen LogP contribution >= 0.6 is 11.6 Å². The van der Waals surface area contributed by atoms with E-state index in [4.69, 9.17) is 21.4 Å². The number of benzene rings is 1. The van der Waals surface area contributed by atoms with E-state index in [2.05, 4.69) is 4.98 Å². The topological polar surface area (TPSA) is 61.4 Å². The Morgan fingerprint density at radius 3 is 2.59 bits per heavy atom. The van der Waals surface area contributed by atoms with Crippen LogP contribution in [0, 0.1) is 0 Å². The zero-order valence-corrected chi connectivity index (χ0v) is 16.1. The molecule has 3 aromatic heterocycles. The molecular weight excluding hydrogens is 364 g/mol. The molecule has 0 saturated heterocycles. The number of fused-ring (bicyclic) bond motifs is 3. The molecule has 138 valence electrons. The summed E-state index contributed by atoms with van der Waals surface area (Å²) in [6.07, 6.45) is 3.43. The van der Waals surface area contributed by atoms with E-state index >= 15 is 0 Å². The molecule has 4 rings (SSSR count). The van der Waals surface area contributed by atoms with Gasteiger partial charge in [0, 0.05) is 30.6 Å². The molecule has 3 heterocycles. The minimum atomic E-state index is -0.0752. The largest absolute Gasteiger partial charge is 0.378 e. The van der Waals surface area contributed by atoms with Crippen molar-refractivity contribution in [3.63, 3.8) is 0 Å². The minimum Gasteiger partial charge on any atom is -0.378 e. The van der Waals surface area contributed by atoms with Gasteiger partial charge in [-0.25, -0.2) is 9.50 Å². The van der Waals surface area contributed by atoms with Gasteiger partial charge in [0.15, 0.2) is 5.65 Å². The lowest BCUT2D eigenvalue weighted by molar-refractivity contribution is 0.181. The summed E-state index contributed by atoms with van der Waals surface area (Å²) in [6.45, 7) is 4.29. The Bertz CT molecular complexity index is 1190. The second-order valence-corrected chi connectivity index (χ2v) is 7.11. The van der Waals surface area contributed by atoms with E-state index in [0.29, 0.717) is 22.7 Å². The van der Waals surface area contributed by atoms with Crippen LogP contribution in [0.2, 0.25) is 5.02 Å². The molecule has 0 fully saturated rings. The lowest BCUT2D eigenvalue weighted by Gasteiger charge is -2.10. The van der Waals surface area contributed by atoms with Crippen LogP contribution in [0.3, 0.4) is 0 Å². The van der Waals surface area contributed by atoms with Crippen molar-refractivity contribution in [2.24, 2.45) is 0 Å². The number of hydrogen-bond acceptors (Lipinski definition) is 4. The molecule has 0 aliphatic carbocycles. The fraction of sp³-hybridized carbons (Fsp3) is 0.250. The summed E-state index contributed by atoms with van der Waals surface area (Å²) in [4.78, 5) is 17.4. The molecule has 0 bridgehead atoms. The highest BCUT2D eigenvalue weighted by Crippen LogP contribution is 2.30. The number of methoxy groups -OCH3 is 1. The molecule has 0 spiro atoms. The van der Waals surface area contributed by atoms with Gasteiger partial charge < -0.3 is 9.30 Å². The van der Waals surface area contributed by atoms with Crippen molar-refractivity contribution < 1.29 is 4.74 Å². The summed E-state index contributed by atoms with van der Waals surface area (Å²) in [5.74, 6) is 0. The zero-order valence-electron chi connectivity index (χ0n) is 15.3. The highest BCUT2D eigenvalue weighted by atomic mass is 35.5. The molecule has 27 heavy (non-hydrogen) atoms. The maximum atomic E-state index is 12.8. The number of ether oxygens (including phenoxy) is 1. The van der Waals surface area contributed by atoms with Gasteiger partial charge in [-0.1, -0.05) is 23.7 Å². The van der Waals surface area contributed by atoms with Crippen LogP contribution in [0.5, 0.6) is 0 Å². The number of hydrogen-bond donors (Lipinski definition) is 0. The molecule has 0 radical (unpaired) electrons. The van der Waals surface area contributed by atoms with Crippen molar-refractivity contribution in [3.05, 3.63) is 63.8 Å². The summed E-state index contributed by atoms with van der Waals surface area (Å²) in [5, 5.41) is 5.89. The average molecular weight is 383 g/mol. The third-order valence-corrected chi connectivity index (χ3v) is 4.83. The van der Waals surface area contributed by atoms with Crippen molar-refractivity contribution in [1.82, 2.24) is 19.2 Å². The molecule has 4 aromatic rings. The summed E-state index contributed by atoms with van der Waals surface area (Å²) in [6, 6.07) is 9.51. The second kappa shape index (κ2) is 6.79. The van der Waals surface area contributed by atoms with Gasteiger partial charge in [0.1, 0.15) is 0 Å². The number of aromatic nitrogens is 4. The van der Waals surface area contributed by atoms with E-state index in [1.54, 1.807) is 28.6 Å². The van der Waals surface area contributed by atoms with Crippen LogP contribution in [-0.2, 0) is 11.3 Å². The fourth-order valence-corrected chi connectivity index (χ4v) is 3.41. The molecular formula is C20H19ClN4O2. The maximum Gasteiger partial charge on any atom is 0.261 e. The molecule has 0 atom stereocenters. The molecule has 7 heteroatoms. The third kappa shape index (κ3) is 2.91. The number of nitrogens with zero attached hydrogens (tertiary/aromatic N) is 4. The standard InChI is InChI=1S/C20H19ClN4O2/c1-12(2)24-9-8-17-15(20(24)26)10-22-19-18(13-4-6-14(21)7-5-13)16(11-27-3)23-25(17)19/h4-10,12H,11H2,1-3H3. The van der Waals surface area contributed by atoms with E-state index in [1.165, 1.54) is 0 Å². The number of halogens is 1. The Morgan fingerprint density at radius 1 is 1.19 bits per heavy atom. The molecule has 0 unspecified atom stereocenters. The molecule has 1 aromatic carbocycles. The van der Waals surface area contributed by atoms with Gasteiger partial charge in [-0.2, -0.15) is 5.10 Å². The Labute approximate surface area is 161 Å². The Kier molecular flexibility index (Phi) is 4.45. The SMILES string of the molecule is COCc1nn2c(ncc3c(=O)n(C(C)C)ccc32)c1-c1ccc(Cl)cc1. The number of rotatable bonds is 4. The Hall–Kier alpha value is -2.70. The van der Waals surface area contributed by atoms with Crippen molar-refractivity contribution in [3.8, 4) is 11.1 Å². The molecule has 0 saturated carbocycles. The average Bonchev–Trinajstić information content (AvgIpc) is 3.01. The summed E-state index contributed by atoms with van der Waals surface area (Å²) >= 11 is 6.03. The van der Waals surface area contributed by atoms with Gasteiger partial charge in [0.2, 0.25) is 0 Å².